The second-order valence-corrected chi connectivity index (χ2v) is 5.77. The lowest BCUT2D eigenvalue weighted by molar-refractivity contribution is -0.446. The Kier molecular flexibility index (Phi) is 3.29. The van der Waals surface area contributed by atoms with E-state index in [2.05, 4.69) is 0 Å². The van der Waals surface area contributed by atoms with Gasteiger partial charge in [-0.05, 0) is 17.2 Å². The molecule has 4 aliphatic rings. The van der Waals surface area contributed by atoms with Crippen molar-refractivity contribution in [1.82, 2.24) is 10.1 Å². The molecule has 0 aromatic heterocycles. The summed E-state index contributed by atoms with van der Waals surface area (Å²) < 4.78 is 1.31. The van der Waals surface area contributed by atoms with Gasteiger partial charge in [0.2, 0.25) is 0 Å². The van der Waals surface area contributed by atoms with Crippen molar-refractivity contribution in [2.75, 3.05) is 26.2 Å². The first-order chi connectivity index (χ1) is 11.6. The third kappa shape index (κ3) is 2.08. The molecule has 0 unspecified atom stereocenters. The van der Waals surface area contributed by atoms with E-state index in [1.807, 2.05) is 0 Å². The fourth-order valence-corrected chi connectivity index (χ4v) is 3.26. The van der Waals surface area contributed by atoms with Gasteiger partial charge in [-0.15, -0.1) is 0 Å². The van der Waals surface area contributed by atoms with Crippen molar-refractivity contribution in [3.05, 3.63) is 57.9 Å². The summed E-state index contributed by atoms with van der Waals surface area (Å²) in [6.07, 6.45) is 0. The minimum Gasteiger partial charge on any atom is -0.715 e. The zero-order valence-corrected chi connectivity index (χ0v) is 12.7. The minimum absolute atomic E-state index is 0.0194. The van der Waals surface area contributed by atoms with Crippen molar-refractivity contribution in [1.29, 1.82) is 0 Å². The molecule has 122 valence electrons. The van der Waals surface area contributed by atoms with Gasteiger partial charge in [-0.25, -0.2) is 0 Å². The van der Waals surface area contributed by atoms with E-state index in [-0.39, 0.29) is 37.9 Å². The van der Waals surface area contributed by atoms with Crippen LogP contribution in [0, 0.1) is 10.4 Å². The first-order valence-electron chi connectivity index (χ1n) is 7.63. The molecule has 0 amide bonds. The van der Waals surface area contributed by atoms with Crippen molar-refractivity contribution in [3.63, 3.8) is 0 Å². The van der Waals surface area contributed by atoms with Crippen LogP contribution in [0.5, 0.6) is 0 Å². The molecule has 4 rings (SSSR count). The van der Waals surface area contributed by atoms with Gasteiger partial charge in [0.15, 0.2) is 13.1 Å². The van der Waals surface area contributed by atoms with Gasteiger partial charge in [0, 0.05) is 10.4 Å². The molecule has 0 saturated carbocycles. The molecule has 2 radical (unpaired) electrons. The Hall–Kier alpha value is -2.84. The van der Waals surface area contributed by atoms with Gasteiger partial charge >= 0.3 is 11.7 Å². The monoisotopic (exact) mass is 326 g/mol. The van der Waals surface area contributed by atoms with Crippen LogP contribution in [0.15, 0.2) is 36.4 Å². The number of hydrogen-bond donors (Lipinski definition) is 0. The quantitative estimate of drug-likeness (QED) is 0.597. The molecule has 8 heteroatoms. The average molecular weight is 326 g/mol. The lowest BCUT2D eigenvalue weighted by atomic mass is 10.1. The maximum atomic E-state index is 12.1. The van der Waals surface area contributed by atoms with E-state index in [1.54, 1.807) is 36.4 Å². The van der Waals surface area contributed by atoms with Crippen LogP contribution in [0.3, 0.4) is 0 Å². The van der Waals surface area contributed by atoms with Gasteiger partial charge in [-0.3, -0.25) is 9.48 Å². The molecule has 0 spiro atoms. The van der Waals surface area contributed by atoms with Crippen molar-refractivity contribution >= 4 is 11.7 Å². The topological polar surface area (TPSA) is 98.4 Å². The number of fused-ring (bicyclic) bond motifs is 1. The van der Waals surface area contributed by atoms with Gasteiger partial charge < -0.3 is 10.4 Å². The van der Waals surface area contributed by atoms with E-state index < -0.39 is 0 Å². The van der Waals surface area contributed by atoms with Crippen LogP contribution in [0.25, 0.3) is 11.1 Å². The van der Waals surface area contributed by atoms with Crippen LogP contribution < -0.4 is 0 Å². The zero-order valence-electron chi connectivity index (χ0n) is 12.7. The molecule has 0 saturated heterocycles. The molecule has 0 atom stereocenters. The summed E-state index contributed by atoms with van der Waals surface area (Å²) >= 11 is 0. The Morgan fingerprint density at radius 1 is 0.750 bits per heavy atom. The van der Waals surface area contributed by atoms with Crippen LogP contribution in [0.2, 0.25) is 0 Å². The molecule has 0 fully saturated rings. The standard InChI is InChI=1S/C16H14N4O4/c21-17-6-7-18(22)15(17)13-10-14(16-19(23)8-9-20(16)24)12-5-3-1-2-4-11(12)13/h1-5,10H,6-9H2. The average Bonchev–Trinajstić information content (AvgIpc) is 3.09. The second kappa shape index (κ2) is 5.36. The normalized spacial score (nSPS) is 18.4. The SMILES string of the molecule is [O]N1CC[N+]([O-])=C1c1cc(C2=[N+]([O-])CCN2[O])c2cccccc1-2. The second-order valence-electron chi connectivity index (χ2n) is 5.77. The molecule has 0 aromatic rings. The Morgan fingerprint density at radius 3 is 1.58 bits per heavy atom. The van der Waals surface area contributed by atoms with Gasteiger partial charge in [-0.2, -0.15) is 0 Å². The molecule has 24 heavy (non-hydrogen) atoms. The van der Waals surface area contributed by atoms with Gasteiger partial charge in [0.25, 0.3) is 0 Å². The summed E-state index contributed by atoms with van der Waals surface area (Å²) in [6, 6.07) is 10.5. The van der Waals surface area contributed by atoms with E-state index in [4.69, 9.17) is 0 Å². The fourth-order valence-electron chi connectivity index (χ4n) is 3.26. The summed E-state index contributed by atoms with van der Waals surface area (Å²) in [4.78, 5) is 0. The summed E-state index contributed by atoms with van der Waals surface area (Å²) in [5.41, 5.74) is 2.21. The van der Waals surface area contributed by atoms with Crippen LogP contribution in [0.1, 0.15) is 11.1 Å². The summed E-state index contributed by atoms with van der Waals surface area (Å²) in [5.74, 6) is 0.0388. The van der Waals surface area contributed by atoms with Crippen LogP contribution in [0.4, 0.5) is 0 Å². The molecule has 2 aliphatic heterocycles. The maximum Gasteiger partial charge on any atom is 0.316 e. The fraction of sp³-hybridized carbons (Fsp3) is 0.250. The summed E-state index contributed by atoms with van der Waals surface area (Å²) in [5, 5.41) is 49.5. The predicted molar refractivity (Wildman–Crippen MR) is 83.1 cm³/mol. The van der Waals surface area contributed by atoms with E-state index in [1.165, 1.54) is 0 Å². The Balaban J connectivity index is 1.98. The first kappa shape index (κ1) is 14.7. The third-order valence-electron chi connectivity index (χ3n) is 4.35. The highest BCUT2D eigenvalue weighted by molar-refractivity contribution is 6.11. The highest BCUT2D eigenvalue weighted by atomic mass is 16.5. The number of hydrogen-bond acceptors (Lipinski definition) is 4. The zero-order chi connectivity index (χ0) is 16.8. The lowest BCUT2D eigenvalue weighted by Crippen LogP contribution is -2.25. The molecular weight excluding hydrogens is 312 g/mol. The van der Waals surface area contributed by atoms with E-state index in [0.717, 1.165) is 0 Å². The maximum absolute atomic E-state index is 12.1. The smallest absolute Gasteiger partial charge is 0.316 e. The van der Waals surface area contributed by atoms with Crippen LogP contribution >= 0.6 is 0 Å². The van der Waals surface area contributed by atoms with Crippen molar-refractivity contribution < 1.29 is 19.9 Å². The highest BCUT2D eigenvalue weighted by Gasteiger charge is 2.38. The Morgan fingerprint density at radius 2 is 1.21 bits per heavy atom. The molecule has 2 aliphatic carbocycles. The van der Waals surface area contributed by atoms with E-state index in [9.17, 15) is 20.8 Å². The molecule has 2 heterocycles. The van der Waals surface area contributed by atoms with Crippen molar-refractivity contribution in [3.8, 4) is 11.1 Å². The molecule has 0 aromatic carbocycles. The van der Waals surface area contributed by atoms with Crippen molar-refractivity contribution in [2.45, 2.75) is 0 Å². The highest BCUT2D eigenvalue weighted by Crippen LogP contribution is 2.34. The predicted octanol–water partition coefficient (Wildman–Crippen LogP) is 0.627. The summed E-state index contributed by atoms with van der Waals surface area (Å²) in [6.45, 7) is 0.380. The number of nitrogens with zero attached hydrogens (tertiary/aromatic N) is 4. The number of amidine groups is 2. The Bertz CT molecular complexity index is 782. The Labute approximate surface area is 137 Å². The van der Waals surface area contributed by atoms with Gasteiger partial charge in [-0.1, -0.05) is 40.5 Å². The van der Waals surface area contributed by atoms with Crippen molar-refractivity contribution in [2.24, 2.45) is 0 Å². The molecule has 0 N–H and O–H groups in total. The third-order valence-corrected chi connectivity index (χ3v) is 4.35. The minimum atomic E-state index is 0.0194. The number of rotatable bonds is 2. The van der Waals surface area contributed by atoms with Crippen LogP contribution in [-0.2, 0) is 10.4 Å². The van der Waals surface area contributed by atoms with Crippen LogP contribution in [-0.4, -0.2) is 57.5 Å². The van der Waals surface area contributed by atoms with E-state index in [0.29, 0.717) is 41.9 Å². The van der Waals surface area contributed by atoms with Gasteiger partial charge in [0.1, 0.15) is 13.1 Å². The number of hydroxylamine groups is 6. The van der Waals surface area contributed by atoms with E-state index >= 15 is 0 Å². The summed E-state index contributed by atoms with van der Waals surface area (Å²) in [7, 11) is 0. The first-order valence-corrected chi connectivity index (χ1v) is 7.63. The molecule has 0 bridgehead atoms. The molecular formula is C16H14N4O4. The molecule has 8 nitrogen and oxygen atoms in total. The lowest BCUT2D eigenvalue weighted by Gasteiger charge is -2.06. The largest absolute Gasteiger partial charge is 0.715 e. The van der Waals surface area contributed by atoms with Gasteiger partial charge in [0.05, 0.1) is 11.1 Å².